The van der Waals surface area contributed by atoms with E-state index in [2.05, 4.69) is 10.2 Å². The van der Waals surface area contributed by atoms with Gasteiger partial charge in [-0.05, 0) is 48.9 Å². The summed E-state index contributed by atoms with van der Waals surface area (Å²) in [5.41, 5.74) is 0.622. The molecule has 1 amide bonds. The van der Waals surface area contributed by atoms with E-state index in [9.17, 15) is 22.0 Å². The molecule has 1 N–H and O–H groups in total. The number of amides is 1. The van der Waals surface area contributed by atoms with Crippen molar-refractivity contribution < 1.29 is 26.8 Å². The molecule has 0 saturated heterocycles. The zero-order valence-corrected chi connectivity index (χ0v) is 15.2. The number of hydroxylamine groups is 1. The van der Waals surface area contributed by atoms with E-state index in [-0.39, 0.29) is 10.5 Å². The van der Waals surface area contributed by atoms with Crippen LogP contribution in [-0.4, -0.2) is 33.0 Å². The van der Waals surface area contributed by atoms with Crippen LogP contribution in [0.5, 0.6) is 0 Å². The topological polar surface area (TPSA) is 75.7 Å². The Morgan fingerprint density at radius 3 is 2.27 bits per heavy atom. The van der Waals surface area contributed by atoms with Crippen molar-refractivity contribution in [1.29, 1.82) is 0 Å². The summed E-state index contributed by atoms with van der Waals surface area (Å²) in [4.78, 5) is 16.9. The van der Waals surface area contributed by atoms with Gasteiger partial charge in [0.25, 0.3) is 15.9 Å². The molecule has 0 aromatic heterocycles. The standard InChI is InChI=1S/C17H18F2N2O4S/c1-11(13-6-9-15(18)16(19)10-13)20-17(22)12-4-7-14(8-5-12)26(23,24)21(2)25-3/h4-11H,1-3H3,(H,20,22). The zero-order valence-electron chi connectivity index (χ0n) is 14.4. The highest BCUT2D eigenvalue weighted by Gasteiger charge is 2.21. The predicted molar refractivity (Wildman–Crippen MR) is 90.6 cm³/mol. The third-order valence-corrected chi connectivity index (χ3v) is 5.50. The van der Waals surface area contributed by atoms with E-state index in [1.54, 1.807) is 6.92 Å². The maximum Gasteiger partial charge on any atom is 0.264 e. The molecule has 0 spiro atoms. The number of hydrogen-bond donors (Lipinski definition) is 1. The van der Waals surface area contributed by atoms with Gasteiger partial charge in [-0.15, -0.1) is 0 Å². The van der Waals surface area contributed by atoms with E-state index in [1.165, 1.54) is 44.5 Å². The van der Waals surface area contributed by atoms with Crippen LogP contribution in [0.25, 0.3) is 0 Å². The molecule has 0 aliphatic carbocycles. The van der Waals surface area contributed by atoms with Crippen LogP contribution in [0.3, 0.4) is 0 Å². The summed E-state index contributed by atoms with van der Waals surface area (Å²) in [6.07, 6.45) is 0. The first-order valence-electron chi connectivity index (χ1n) is 7.55. The van der Waals surface area contributed by atoms with Crippen molar-refractivity contribution in [3.05, 3.63) is 65.2 Å². The highest BCUT2D eigenvalue weighted by Crippen LogP contribution is 2.18. The number of halogens is 2. The number of carbonyl (C=O) groups is 1. The van der Waals surface area contributed by atoms with Gasteiger partial charge in [0.2, 0.25) is 0 Å². The summed E-state index contributed by atoms with van der Waals surface area (Å²) in [5, 5.41) is 2.64. The van der Waals surface area contributed by atoms with Crippen LogP contribution in [0.15, 0.2) is 47.4 Å². The fraction of sp³-hybridized carbons (Fsp3) is 0.235. The van der Waals surface area contributed by atoms with Crippen molar-refractivity contribution in [1.82, 2.24) is 9.79 Å². The lowest BCUT2D eigenvalue weighted by atomic mass is 10.1. The number of carbonyl (C=O) groups excluding carboxylic acids is 1. The highest BCUT2D eigenvalue weighted by atomic mass is 32.2. The molecule has 0 radical (unpaired) electrons. The molecule has 0 aliphatic rings. The Morgan fingerprint density at radius 2 is 1.73 bits per heavy atom. The van der Waals surface area contributed by atoms with Gasteiger partial charge in [0.1, 0.15) is 0 Å². The number of benzene rings is 2. The van der Waals surface area contributed by atoms with Gasteiger partial charge in [0, 0.05) is 12.6 Å². The zero-order chi connectivity index (χ0) is 19.5. The van der Waals surface area contributed by atoms with Crippen LogP contribution in [0, 0.1) is 11.6 Å². The van der Waals surface area contributed by atoms with E-state index >= 15 is 0 Å². The average Bonchev–Trinajstić information content (AvgIpc) is 2.63. The monoisotopic (exact) mass is 384 g/mol. The molecule has 0 heterocycles. The minimum absolute atomic E-state index is 0.0351. The van der Waals surface area contributed by atoms with Crippen LogP contribution >= 0.6 is 0 Å². The Hall–Kier alpha value is -2.36. The van der Waals surface area contributed by atoms with Crippen molar-refractivity contribution >= 4 is 15.9 Å². The van der Waals surface area contributed by atoms with E-state index in [0.29, 0.717) is 10.0 Å². The largest absolute Gasteiger partial charge is 0.346 e. The number of sulfonamides is 1. The molecule has 26 heavy (non-hydrogen) atoms. The maximum atomic E-state index is 13.3. The third kappa shape index (κ3) is 4.24. The van der Waals surface area contributed by atoms with Crippen LogP contribution in [0.2, 0.25) is 0 Å². The molecular formula is C17H18F2N2O4S. The summed E-state index contributed by atoms with van der Waals surface area (Å²) in [6.45, 7) is 1.62. The van der Waals surface area contributed by atoms with Gasteiger partial charge in [-0.25, -0.2) is 17.2 Å². The van der Waals surface area contributed by atoms with Crippen molar-refractivity contribution in [3.8, 4) is 0 Å². The van der Waals surface area contributed by atoms with E-state index < -0.39 is 33.6 Å². The second-order valence-corrected chi connectivity index (χ2v) is 7.43. The summed E-state index contributed by atoms with van der Waals surface area (Å²) < 4.78 is 51.2. The first kappa shape index (κ1) is 20.0. The Kier molecular flexibility index (Phi) is 6.06. The molecule has 1 atom stereocenters. The van der Waals surface area contributed by atoms with Crippen molar-refractivity contribution in [2.75, 3.05) is 14.2 Å². The second-order valence-electron chi connectivity index (χ2n) is 5.49. The first-order chi connectivity index (χ1) is 12.2. The minimum atomic E-state index is -3.80. The predicted octanol–water partition coefficient (Wildman–Crippen LogP) is 2.64. The number of nitrogens with zero attached hydrogens (tertiary/aromatic N) is 1. The van der Waals surface area contributed by atoms with Gasteiger partial charge in [0.15, 0.2) is 11.6 Å². The highest BCUT2D eigenvalue weighted by molar-refractivity contribution is 7.89. The average molecular weight is 384 g/mol. The number of hydrogen-bond acceptors (Lipinski definition) is 4. The van der Waals surface area contributed by atoms with E-state index in [4.69, 9.17) is 0 Å². The minimum Gasteiger partial charge on any atom is -0.346 e. The molecule has 0 saturated carbocycles. The van der Waals surface area contributed by atoms with Crippen LogP contribution in [-0.2, 0) is 14.9 Å². The molecule has 1 unspecified atom stereocenters. The van der Waals surface area contributed by atoms with Gasteiger partial charge >= 0.3 is 0 Å². The Bertz CT molecular complexity index is 901. The molecular weight excluding hydrogens is 366 g/mol. The Labute approximate surface area is 150 Å². The fourth-order valence-corrected chi connectivity index (χ4v) is 3.14. The summed E-state index contributed by atoms with van der Waals surface area (Å²) >= 11 is 0. The van der Waals surface area contributed by atoms with Gasteiger partial charge in [-0.1, -0.05) is 10.5 Å². The number of rotatable bonds is 6. The SMILES string of the molecule is CON(C)S(=O)(=O)c1ccc(C(=O)NC(C)c2ccc(F)c(F)c2)cc1. The Balaban J connectivity index is 2.14. The third-order valence-electron chi connectivity index (χ3n) is 3.80. The fourth-order valence-electron chi connectivity index (χ4n) is 2.17. The molecule has 0 fully saturated rings. The summed E-state index contributed by atoms with van der Waals surface area (Å²) in [6, 6.07) is 8.06. The summed E-state index contributed by atoms with van der Waals surface area (Å²) in [7, 11) is -1.33. The first-order valence-corrected chi connectivity index (χ1v) is 8.99. The van der Waals surface area contributed by atoms with Gasteiger partial charge in [0.05, 0.1) is 18.0 Å². The van der Waals surface area contributed by atoms with Crippen LogP contribution in [0.4, 0.5) is 8.78 Å². The molecule has 9 heteroatoms. The molecule has 140 valence electrons. The lowest BCUT2D eigenvalue weighted by Gasteiger charge is -2.16. The molecule has 0 aliphatic heterocycles. The van der Waals surface area contributed by atoms with Crippen molar-refractivity contribution in [3.63, 3.8) is 0 Å². The molecule has 2 aromatic rings. The lowest BCUT2D eigenvalue weighted by molar-refractivity contribution is -0.0258. The Morgan fingerprint density at radius 1 is 1.12 bits per heavy atom. The van der Waals surface area contributed by atoms with Crippen molar-refractivity contribution in [2.24, 2.45) is 0 Å². The molecule has 6 nitrogen and oxygen atoms in total. The molecule has 0 bridgehead atoms. The van der Waals surface area contributed by atoms with E-state index in [0.717, 1.165) is 12.1 Å². The smallest absolute Gasteiger partial charge is 0.264 e. The summed E-state index contributed by atoms with van der Waals surface area (Å²) in [5.74, 6) is -2.45. The van der Waals surface area contributed by atoms with Crippen LogP contribution < -0.4 is 5.32 Å². The normalized spacial score (nSPS) is 12.8. The van der Waals surface area contributed by atoms with Crippen LogP contribution in [0.1, 0.15) is 28.9 Å². The van der Waals surface area contributed by atoms with Gasteiger partial charge < -0.3 is 5.32 Å². The molecule has 2 aromatic carbocycles. The lowest BCUT2D eigenvalue weighted by Crippen LogP contribution is -2.27. The van der Waals surface area contributed by atoms with Gasteiger partial charge in [-0.2, -0.15) is 0 Å². The van der Waals surface area contributed by atoms with Crippen molar-refractivity contribution in [2.45, 2.75) is 17.9 Å². The number of nitrogens with one attached hydrogen (secondary N) is 1. The second kappa shape index (κ2) is 7.90. The van der Waals surface area contributed by atoms with Gasteiger partial charge in [-0.3, -0.25) is 9.63 Å². The molecule has 2 rings (SSSR count). The van der Waals surface area contributed by atoms with E-state index in [1.807, 2.05) is 0 Å². The quantitative estimate of drug-likeness (QED) is 0.777. The maximum absolute atomic E-state index is 13.3.